The molecule has 0 aliphatic heterocycles. The van der Waals surface area contributed by atoms with Gasteiger partial charge in [0.15, 0.2) is 0 Å². The van der Waals surface area contributed by atoms with Gasteiger partial charge in [0.25, 0.3) is 0 Å². The molecule has 1 aromatic carbocycles. The molecule has 0 aromatic heterocycles. The predicted molar refractivity (Wildman–Crippen MR) is 66.9 cm³/mol. The second-order valence-electron chi connectivity index (χ2n) is 4.55. The molecule has 0 unspecified atom stereocenters. The van der Waals surface area contributed by atoms with Crippen molar-refractivity contribution in [3.63, 3.8) is 0 Å². The van der Waals surface area contributed by atoms with Crippen LogP contribution in [0.4, 0.5) is 0 Å². The van der Waals surface area contributed by atoms with Crippen molar-refractivity contribution in [3.8, 4) is 5.75 Å². The third-order valence-electron chi connectivity index (χ3n) is 3.17. The number of rotatable bonds is 4. The summed E-state index contributed by atoms with van der Waals surface area (Å²) in [5, 5.41) is 0.680. The molecule has 1 aromatic rings. The molecule has 1 aliphatic rings. The zero-order valence-corrected chi connectivity index (χ0v) is 10.4. The van der Waals surface area contributed by atoms with Gasteiger partial charge < -0.3 is 10.5 Å². The van der Waals surface area contributed by atoms with Crippen LogP contribution in [0.3, 0.4) is 0 Å². The molecule has 0 spiro atoms. The van der Waals surface area contributed by atoms with Crippen LogP contribution >= 0.6 is 11.6 Å². The average Bonchev–Trinajstić information content (AvgIpc) is 2.17. The lowest BCUT2D eigenvalue weighted by molar-refractivity contribution is 0.179. The van der Waals surface area contributed by atoms with Crippen LogP contribution in [0.25, 0.3) is 0 Å². The first-order valence-electron chi connectivity index (χ1n) is 5.82. The maximum Gasteiger partial charge on any atom is 0.142 e. The lowest BCUT2D eigenvalue weighted by atomic mass is 9.86. The molecule has 1 aliphatic carbocycles. The van der Waals surface area contributed by atoms with Crippen LogP contribution in [-0.2, 0) is 6.54 Å². The van der Waals surface area contributed by atoms with Crippen molar-refractivity contribution < 1.29 is 4.74 Å². The van der Waals surface area contributed by atoms with Gasteiger partial charge in [0.05, 0.1) is 11.6 Å². The summed E-state index contributed by atoms with van der Waals surface area (Å²) in [5.41, 5.74) is 7.83. The van der Waals surface area contributed by atoms with Crippen molar-refractivity contribution in [3.05, 3.63) is 28.3 Å². The first-order chi connectivity index (χ1) is 7.70. The Hall–Kier alpha value is -0.730. The molecule has 2 N–H and O–H groups in total. The van der Waals surface area contributed by atoms with Crippen LogP contribution in [0.5, 0.6) is 5.75 Å². The van der Waals surface area contributed by atoms with Gasteiger partial charge in [0.2, 0.25) is 0 Å². The second kappa shape index (κ2) is 5.07. The summed E-state index contributed by atoms with van der Waals surface area (Å²) in [6.07, 6.45) is 3.89. The number of benzene rings is 1. The average molecular weight is 240 g/mol. The monoisotopic (exact) mass is 239 g/mol. The van der Waals surface area contributed by atoms with Gasteiger partial charge in [0, 0.05) is 12.1 Å². The summed E-state index contributed by atoms with van der Waals surface area (Å²) in [7, 11) is 0. The summed E-state index contributed by atoms with van der Waals surface area (Å²) < 4.78 is 5.81. The number of hydrogen-bond donors (Lipinski definition) is 1. The van der Waals surface area contributed by atoms with Crippen molar-refractivity contribution in [2.45, 2.75) is 32.7 Å². The molecule has 3 heteroatoms. The molecule has 2 rings (SSSR count). The van der Waals surface area contributed by atoms with Crippen LogP contribution in [-0.4, -0.2) is 6.61 Å². The first-order valence-corrected chi connectivity index (χ1v) is 6.20. The van der Waals surface area contributed by atoms with Gasteiger partial charge in [0.1, 0.15) is 5.75 Å². The Morgan fingerprint density at radius 1 is 1.44 bits per heavy atom. The highest BCUT2D eigenvalue weighted by Gasteiger charge is 2.19. The van der Waals surface area contributed by atoms with E-state index in [1.54, 1.807) is 0 Å². The Balaban J connectivity index is 2.10. The maximum absolute atomic E-state index is 6.18. The Kier molecular flexibility index (Phi) is 3.72. The van der Waals surface area contributed by atoms with Gasteiger partial charge in [-0.05, 0) is 37.3 Å². The Labute approximate surface area is 102 Å². The van der Waals surface area contributed by atoms with Gasteiger partial charge in [-0.15, -0.1) is 0 Å². The third kappa shape index (κ3) is 2.50. The predicted octanol–water partition coefficient (Wildman–Crippen LogP) is 3.29. The van der Waals surface area contributed by atoms with Crippen LogP contribution < -0.4 is 10.5 Å². The van der Waals surface area contributed by atoms with Crippen LogP contribution in [0.2, 0.25) is 5.02 Å². The van der Waals surface area contributed by atoms with E-state index in [1.807, 2.05) is 19.1 Å². The topological polar surface area (TPSA) is 35.2 Å². The van der Waals surface area contributed by atoms with E-state index in [0.717, 1.165) is 23.5 Å². The van der Waals surface area contributed by atoms with E-state index >= 15 is 0 Å². The van der Waals surface area contributed by atoms with Gasteiger partial charge in [-0.3, -0.25) is 0 Å². The minimum atomic E-state index is 0.474. The number of ether oxygens (including phenoxy) is 1. The summed E-state index contributed by atoms with van der Waals surface area (Å²) in [6, 6.07) is 3.97. The molecule has 2 nitrogen and oxygen atoms in total. The summed E-state index contributed by atoms with van der Waals surface area (Å²) in [6.45, 7) is 3.26. The molecular weight excluding hydrogens is 222 g/mol. The number of nitrogens with two attached hydrogens (primary N) is 1. The van der Waals surface area contributed by atoms with Crippen molar-refractivity contribution in [2.75, 3.05) is 6.61 Å². The molecule has 0 heterocycles. The SMILES string of the molecule is Cc1cc(Cl)c(OCC2CCC2)c(CN)c1. The molecule has 0 amide bonds. The van der Waals surface area contributed by atoms with Crippen molar-refractivity contribution in [2.24, 2.45) is 11.7 Å². The molecular formula is C13H18ClNO. The lowest BCUT2D eigenvalue weighted by Gasteiger charge is -2.26. The minimum absolute atomic E-state index is 0.474. The minimum Gasteiger partial charge on any atom is -0.491 e. The van der Waals surface area contributed by atoms with E-state index in [-0.39, 0.29) is 0 Å². The van der Waals surface area contributed by atoms with Crippen molar-refractivity contribution in [1.82, 2.24) is 0 Å². The van der Waals surface area contributed by atoms with E-state index in [0.29, 0.717) is 17.5 Å². The molecule has 0 atom stereocenters. The molecule has 1 saturated carbocycles. The van der Waals surface area contributed by atoms with Crippen molar-refractivity contribution >= 4 is 11.6 Å². The first kappa shape index (κ1) is 11.7. The molecule has 0 bridgehead atoms. The van der Waals surface area contributed by atoms with Gasteiger partial charge >= 0.3 is 0 Å². The Morgan fingerprint density at radius 2 is 2.19 bits per heavy atom. The van der Waals surface area contributed by atoms with Crippen LogP contribution in [0.1, 0.15) is 30.4 Å². The highest BCUT2D eigenvalue weighted by molar-refractivity contribution is 6.32. The number of hydrogen-bond acceptors (Lipinski definition) is 2. The smallest absolute Gasteiger partial charge is 0.142 e. The van der Waals surface area contributed by atoms with Gasteiger partial charge in [-0.2, -0.15) is 0 Å². The van der Waals surface area contributed by atoms with Crippen molar-refractivity contribution in [1.29, 1.82) is 0 Å². The van der Waals surface area contributed by atoms with E-state index < -0.39 is 0 Å². The molecule has 0 saturated heterocycles. The lowest BCUT2D eigenvalue weighted by Crippen LogP contribution is -2.20. The maximum atomic E-state index is 6.18. The fourth-order valence-corrected chi connectivity index (χ4v) is 2.32. The summed E-state index contributed by atoms with van der Waals surface area (Å²) in [5.74, 6) is 1.49. The largest absolute Gasteiger partial charge is 0.491 e. The third-order valence-corrected chi connectivity index (χ3v) is 3.45. The zero-order chi connectivity index (χ0) is 11.5. The van der Waals surface area contributed by atoms with E-state index in [4.69, 9.17) is 22.1 Å². The van der Waals surface area contributed by atoms with Gasteiger partial charge in [-0.25, -0.2) is 0 Å². The summed E-state index contributed by atoms with van der Waals surface area (Å²) >= 11 is 6.18. The Bertz CT molecular complexity index is 374. The quantitative estimate of drug-likeness (QED) is 0.875. The molecule has 0 radical (unpaired) electrons. The Morgan fingerprint density at radius 3 is 2.75 bits per heavy atom. The standard InChI is InChI=1S/C13H18ClNO/c1-9-5-11(7-15)13(12(14)6-9)16-8-10-3-2-4-10/h5-6,10H,2-4,7-8,15H2,1H3. The molecule has 16 heavy (non-hydrogen) atoms. The van der Waals surface area contributed by atoms with E-state index in [2.05, 4.69) is 0 Å². The highest BCUT2D eigenvalue weighted by Crippen LogP contribution is 2.33. The molecule has 88 valence electrons. The van der Waals surface area contributed by atoms with Gasteiger partial charge in [-0.1, -0.05) is 24.1 Å². The van der Waals surface area contributed by atoms with Crippen LogP contribution in [0, 0.1) is 12.8 Å². The highest BCUT2D eigenvalue weighted by atomic mass is 35.5. The normalized spacial score (nSPS) is 15.9. The zero-order valence-electron chi connectivity index (χ0n) is 9.63. The number of aryl methyl sites for hydroxylation is 1. The molecule has 1 fully saturated rings. The second-order valence-corrected chi connectivity index (χ2v) is 4.95. The summed E-state index contributed by atoms with van der Waals surface area (Å²) in [4.78, 5) is 0. The number of halogens is 1. The fraction of sp³-hybridized carbons (Fsp3) is 0.538. The van der Waals surface area contributed by atoms with Crippen LogP contribution in [0.15, 0.2) is 12.1 Å². The van der Waals surface area contributed by atoms with E-state index in [9.17, 15) is 0 Å². The van der Waals surface area contributed by atoms with E-state index in [1.165, 1.54) is 19.3 Å². The fourth-order valence-electron chi connectivity index (χ4n) is 1.97.